The van der Waals surface area contributed by atoms with Crippen molar-refractivity contribution >= 4 is 44.4 Å². The summed E-state index contributed by atoms with van der Waals surface area (Å²) in [6.07, 6.45) is 6.34. The van der Waals surface area contributed by atoms with Crippen molar-refractivity contribution in [2.24, 2.45) is 0 Å². The minimum absolute atomic E-state index is 0.00890. The smallest absolute Gasteiger partial charge is 0.260 e. The lowest BCUT2D eigenvalue weighted by molar-refractivity contribution is 0.0986. The van der Waals surface area contributed by atoms with E-state index < -0.39 is 0 Å². The van der Waals surface area contributed by atoms with Gasteiger partial charge in [0.1, 0.15) is 0 Å². The molecule has 0 aliphatic carbocycles. The number of rotatable bonds is 8. The molecule has 0 aliphatic heterocycles. The Morgan fingerprint density at radius 3 is 2.73 bits per heavy atom. The molecule has 1 amide bonds. The number of amides is 1. The lowest BCUT2D eigenvalue weighted by Crippen LogP contribution is -2.32. The summed E-state index contributed by atoms with van der Waals surface area (Å²) >= 11 is 3.35. The molecule has 0 saturated carbocycles. The van der Waals surface area contributed by atoms with Gasteiger partial charge in [0.25, 0.3) is 5.91 Å². The maximum absolute atomic E-state index is 13.4. The number of carbonyl (C=O) groups excluding carboxylic acids is 1. The van der Waals surface area contributed by atoms with Crippen molar-refractivity contribution in [1.82, 2.24) is 14.5 Å². The fourth-order valence-electron chi connectivity index (χ4n) is 3.32. The summed E-state index contributed by atoms with van der Waals surface area (Å²) in [6, 6.07) is 14.0. The minimum Gasteiger partial charge on any atom is -0.337 e. The van der Waals surface area contributed by atoms with E-state index in [2.05, 4.69) is 31.0 Å². The van der Waals surface area contributed by atoms with Crippen molar-refractivity contribution in [2.45, 2.75) is 31.7 Å². The van der Waals surface area contributed by atoms with Gasteiger partial charge >= 0.3 is 0 Å². The Kier molecular flexibility index (Phi) is 6.50. The number of benzene rings is 2. The second-order valence-corrected chi connectivity index (χ2v) is 9.33. The van der Waals surface area contributed by atoms with Crippen LogP contribution in [0.1, 0.15) is 29.3 Å². The van der Waals surface area contributed by atoms with E-state index in [4.69, 9.17) is 4.98 Å². The molecule has 2 heterocycles. The maximum Gasteiger partial charge on any atom is 0.260 e. The number of thiazole rings is 1. The van der Waals surface area contributed by atoms with E-state index in [9.17, 15) is 4.79 Å². The molecule has 154 valence electrons. The first-order valence-corrected chi connectivity index (χ1v) is 11.8. The third-order valence-electron chi connectivity index (χ3n) is 4.85. The molecule has 0 saturated heterocycles. The lowest BCUT2D eigenvalue weighted by Gasteiger charge is -2.20. The molecule has 7 heteroatoms. The third-order valence-corrected chi connectivity index (χ3v) is 6.79. The Morgan fingerprint density at radius 1 is 1.20 bits per heavy atom. The number of thioether (sulfide) groups is 1. The summed E-state index contributed by atoms with van der Waals surface area (Å²) < 4.78 is 3.13. The average molecular weight is 437 g/mol. The number of para-hydroxylation sites is 1. The Labute approximate surface area is 184 Å². The van der Waals surface area contributed by atoms with Crippen molar-refractivity contribution in [3.63, 3.8) is 0 Å². The number of anilines is 1. The molecule has 4 rings (SSSR count). The van der Waals surface area contributed by atoms with E-state index in [1.807, 2.05) is 46.0 Å². The zero-order valence-electron chi connectivity index (χ0n) is 17.1. The molecule has 0 fully saturated rings. The lowest BCUT2D eigenvalue weighted by atomic mass is 10.2. The fourth-order valence-corrected chi connectivity index (χ4v) is 5.05. The summed E-state index contributed by atoms with van der Waals surface area (Å²) in [6.45, 7) is 5.59. The zero-order chi connectivity index (χ0) is 20.9. The fraction of sp³-hybridized carbons (Fsp3) is 0.261. The van der Waals surface area contributed by atoms with Crippen LogP contribution in [0.15, 0.2) is 66.1 Å². The molecule has 30 heavy (non-hydrogen) atoms. The van der Waals surface area contributed by atoms with Crippen LogP contribution in [0.2, 0.25) is 0 Å². The summed E-state index contributed by atoms with van der Waals surface area (Å²) in [7, 11) is 0. The summed E-state index contributed by atoms with van der Waals surface area (Å²) in [5.41, 5.74) is 2.79. The number of fused-ring (bicyclic) bond motifs is 1. The van der Waals surface area contributed by atoms with E-state index in [1.165, 1.54) is 4.90 Å². The molecule has 0 radical (unpaired) electrons. The maximum atomic E-state index is 13.4. The molecule has 0 atom stereocenters. The number of hydrogen-bond donors (Lipinski definition) is 0. The highest BCUT2D eigenvalue weighted by atomic mass is 32.2. The summed E-state index contributed by atoms with van der Waals surface area (Å²) in [5, 5.41) is 0.752. The molecule has 2 aromatic heterocycles. The van der Waals surface area contributed by atoms with Gasteiger partial charge in [-0.3, -0.25) is 9.69 Å². The van der Waals surface area contributed by atoms with Gasteiger partial charge < -0.3 is 4.57 Å². The molecular formula is C23H24N4OS2. The van der Waals surface area contributed by atoms with Gasteiger partial charge in [-0.2, -0.15) is 0 Å². The molecular weight excluding hydrogens is 412 g/mol. The van der Waals surface area contributed by atoms with Crippen LogP contribution in [0.3, 0.4) is 0 Å². The van der Waals surface area contributed by atoms with Gasteiger partial charge in [-0.15, -0.1) is 11.8 Å². The molecule has 2 aromatic carbocycles. The molecule has 0 bridgehead atoms. The van der Waals surface area contributed by atoms with Crippen molar-refractivity contribution in [2.75, 3.05) is 17.2 Å². The van der Waals surface area contributed by atoms with Crippen LogP contribution in [-0.2, 0) is 6.54 Å². The second-order valence-electron chi connectivity index (χ2n) is 6.99. The SMILES string of the molecule is CCSc1ccc(C(=O)N(CCCn2ccnc2)c2nc3c(C)cccc3s2)cc1. The molecule has 0 unspecified atom stereocenters. The van der Waals surface area contributed by atoms with Gasteiger partial charge in [0, 0.05) is 35.9 Å². The normalized spacial score (nSPS) is 11.1. The van der Waals surface area contributed by atoms with Gasteiger partial charge in [0.2, 0.25) is 0 Å². The Morgan fingerprint density at radius 2 is 2.03 bits per heavy atom. The van der Waals surface area contributed by atoms with Crippen LogP contribution in [0, 0.1) is 6.92 Å². The number of nitrogens with zero attached hydrogens (tertiary/aromatic N) is 4. The van der Waals surface area contributed by atoms with Gasteiger partial charge in [0.15, 0.2) is 5.13 Å². The van der Waals surface area contributed by atoms with Crippen molar-refractivity contribution < 1.29 is 4.79 Å². The molecule has 0 aliphatic rings. The van der Waals surface area contributed by atoms with Gasteiger partial charge in [-0.05, 0) is 55.0 Å². The molecule has 4 aromatic rings. The van der Waals surface area contributed by atoms with E-state index in [0.29, 0.717) is 12.1 Å². The summed E-state index contributed by atoms with van der Waals surface area (Å²) in [5.74, 6) is 1.00. The first-order valence-electron chi connectivity index (χ1n) is 10.0. The largest absolute Gasteiger partial charge is 0.337 e. The highest BCUT2D eigenvalue weighted by Gasteiger charge is 2.21. The standard InChI is InChI=1S/C23H24N4OS2/c1-3-29-19-10-8-18(9-11-19)22(28)27(14-5-13-26-15-12-24-16-26)23-25-21-17(2)6-4-7-20(21)30-23/h4,6-12,15-16H,3,5,13-14H2,1-2H3. The van der Waals surface area contributed by atoms with Crippen LogP contribution in [0.25, 0.3) is 10.2 Å². The summed E-state index contributed by atoms with van der Waals surface area (Å²) in [4.78, 5) is 25.3. The van der Waals surface area contributed by atoms with Crippen molar-refractivity contribution in [3.8, 4) is 0 Å². The topological polar surface area (TPSA) is 51.0 Å². The third kappa shape index (κ3) is 4.57. The van der Waals surface area contributed by atoms with Crippen LogP contribution in [-0.4, -0.2) is 32.7 Å². The Hall–Kier alpha value is -2.64. The van der Waals surface area contributed by atoms with Gasteiger partial charge in [-0.1, -0.05) is 30.4 Å². The number of carbonyl (C=O) groups is 1. The van der Waals surface area contributed by atoms with Crippen molar-refractivity contribution in [3.05, 3.63) is 72.3 Å². The number of hydrogen-bond acceptors (Lipinski definition) is 5. The minimum atomic E-state index is -0.00890. The first-order chi connectivity index (χ1) is 14.7. The van der Waals surface area contributed by atoms with Crippen LogP contribution in [0.5, 0.6) is 0 Å². The van der Waals surface area contributed by atoms with Crippen LogP contribution >= 0.6 is 23.1 Å². The Balaban J connectivity index is 1.61. The average Bonchev–Trinajstić information content (AvgIpc) is 3.42. The van der Waals surface area contributed by atoms with E-state index >= 15 is 0 Å². The molecule has 5 nitrogen and oxygen atoms in total. The van der Waals surface area contributed by atoms with E-state index in [-0.39, 0.29) is 5.91 Å². The van der Waals surface area contributed by atoms with Gasteiger partial charge in [0.05, 0.1) is 16.5 Å². The second kappa shape index (κ2) is 9.45. The number of aryl methyl sites for hydroxylation is 2. The Bertz CT molecular complexity index is 1120. The predicted octanol–water partition coefficient (Wildman–Crippen LogP) is 5.65. The zero-order valence-corrected chi connectivity index (χ0v) is 18.7. The van der Waals surface area contributed by atoms with Gasteiger partial charge in [-0.25, -0.2) is 9.97 Å². The predicted molar refractivity (Wildman–Crippen MR) is 126 cm³/mol. The van der Waals surface area contributed by atoms with Crippen molar-refractivity contribution in [1.29, 1.82) is 0 Å². The molecule has 0 spiro atoms. The number of aromatic nitrogens is 3. The van der Waals surface area contributed by atoms with Crippen LogP contribution in [0.4, 0.5) is 5.13 Å². The number of imidazole rings is 1. The van der Waals surface area contributed by atoms with Crippen LogP contribution < -0.4 is 4.90 Å². The first kappa shape index (κ1) is 20.6. The monoisotopic (exact) mass is 436 g/mol. The quantitative estimate of drug-likeness (QED) is 0.335. The van der Waals surface area contributed by atoms with E-state index in [1.54, 1.807) is 35.6 Å². The van der Waals surface area contributed by atoms with E-state index in [0.717, 1.165) is 39.6 Å². The highest BCUT2D eigenvalue weighted by molar-refractivity contribution is 7.99. The molecule has 0 N–H and O–H groups in total. The highest BCUT2D eigenvalue weighted by Crippen LogP contribution is 2.31.